The van der Waals surface area contributed by atoms with Crippen LogP contribution in [0.1, 0.15) is 38.7 Å². The van der Waals surface area contributed by atoms with Crippen LogP contribution in [0.15, 0.2) is 54.6 Å². The fourth-order valence-corrected chi connectivity index (χ4v) is 7.78. The largest absolute Gasteiger partial charge is 0.359 e. The van der Waals surface area contributed by atoms with Gasteiger partial charge in [-0.2, -0.15) is 0 Å². The number of rotatable bonds is 6. The van der Waals surface area contributed by atoms with Crippen molar-refractivity contribution in [3.8, 4) is 0 Å². The Hall–Kier alpha value is -2.58. The number of hydrogen-bond acceptors (Lipinski definition) is 4. The normalized spacial score (nSPS) is 33.6. The molecule has 3 heterocycles. The number of nitrogens with one attached hydrogen (secondary N) is 2. The van der Waals surface area contributed by atoms with Crippen molar-refractivity contribution >= 4 is 58.2 Å². The van der Waals surface area contributed by atoms with Gasteiger partial charge in [-0.1, -0.05) is 85.8 Å². The van der Waals surface area contributed by atoms with Crippen LogP contribution >= 0.6 is 34.8 Å². The van der Waals surface area contributed by atoms with Crippen LogP contribution in [-0.4, -0.2) is 46.4 Å². The zero-order valence-electron chi connectivity index (χ0n) is 22.8. The second-order valence-corrected chi connectivity index (χ2v) is 13.1. The number of nitrogens with zero attached hydrogens (tertiary/aromatic N) is 1. The maximum Gasteiger partial charge on any atom is 0.246 e. The molecule has 0 aromatic heterocycles. The first-order valence-electron chi connectivity index (χ1n) is 14.1. The molecule has 3 amide bonds. The standard InChI is InChI=1S/C31H32Cl3N3O4/c1-16-4-3-5-23(17(16)2)36-29(39)27-31-11-10-24(41-31)25(28(38)35-22-13-20(33)12-21(34)14-22)26(31)30(40)37(27)15-18-6-8-19(32)9-7-18/h6-14,16-17,23-27H,3-5,15H2,1-2H3,(H,35,38)(H,36,39)/t16-,17+,23+,24+,25+,26+,27+,31+/m1/s1. The van der Waals surface area contributed by atoms with Gasteiger partial charge in [-0.3, -0.25) is 14.4 Å². The van der Waals surface area contributed by atoms with E-state index in [0.717, 1.165) is 24.8 Å². The maximum atomic E-state index is 14.2. The van der Waals surface area contributed by atoms with Crippen LogP contribution in [0.3, 0.4) is 0 Å². The Balaban J connectivity index is 1.33. The van der Waals surface area contributed by atoms with Crippen LogP contribution < -0.4 is 10.6 Å². The molecule has 4 aliphatic rings. The minimum absolute atomic E-state index is 0.00319. The van der Waals surface area contributed by atoms with Crippen LogP contribution in [-0.2, 0) is 25.7 Å². The summed E-state index contributed by atoms with van der Waals surface area (Å²) in [5.74, 6) is -1.83. The van der Waals surface area contributed by atoms with Gasteiger partial charge in [-0.05, 0) is 54.2 Å². The first-order chi connectivity index (χ1) is 19.6. The van der Waals surface area contributed by atoms with E-state index in [0.29, 0.717) is 32.6 Å². The van der Waals surface area contributed by atoms with Crippen molar-refractivity contribution in [1.29, 1.82) is 0 Å². The highest BCUT2D eigenvalue weighted by atomic mass is 35.5. The minimum Gasteiger partial charge on any atom is -0.359 e. The van der Waals surface area contributed by atoms with Gasteiger partial charge in [0, 0.05) is 33.3 Å². The van der Waals surface area contributed by atoms with E-state index in [4.69, 9.17) is 39.5 Å². The molecule has 10 heteroatoms. The second kappa shape index (κ2) is 10.9. The van der Waals surface area contributed by atoms with Gasteiger partial charge < -0.3 is 20.3 Å². The summed E-state index contributed by atoms with van der Waals surface area (Å²) < 4.78 is 6.46. The lowest BCUT2D eigenvalue weighted by Gasteiger charge is -2.38. The molecule has 41 heavy (non-hydrogen) atoms. The topological polar surface area (TPSA) is 87.7 Å². The van der Waals surface area contributed by atoms with Gasteiger partial charge in [0.1, 0.15) is 11.6 Å². The van der Waals surface area contributed by atoms with Crippen molar-refractivity contribution in [3.63, 3.8) is 0 Å². The average molecular weight is 617 g/mol. The summed E-state index contributed by atoms with van der Waals surface area (Å²) in [6, 6.07) is 11.0. The predicted octanol–water partition coefficient (Wildman–Crippen LogP) is 5.88. The van der Waals surface area contributed by atoms with Crippen LogP contribution in [0.5, 0.6) is 0 Å². The fourth-order valence-electron chi connectivity index (χ4n) is 7.12. The summed E-state index contributed by atoms with van der Waals surface area (Å²) in [6.07, 6.45) is 6.04. The van der Waals surface area contributed by atoms with Crippen molar-refractivity contribution < 1.29 is 19.1 Å². The molecule has 0 radical (unpaired) electrons. The van der Waals surface area contributed by atoms with Gasteiger partial charge in [0.05, 0.1) is 17.9 Å². The van der Waals surface area contributed by atoms with Gasteiger partial charge >= 0.3 is 0 Å². The molecule has 0 unspecified atom stereocenters. The summed E-state index contributed by atoms with van der Waals surface area (Å²) in [5.41, 5.74) is -0.00777. The highest BCUT2D eigenvalue weighted by Crippen LogP contribution is 2.55. The fraction of sp³-hybridized carbons (Fsp3) is 0.452. The van der Waals surface area contributed by atoms with Crippen LogP contribution in [0.25, 0.3) is 0 Å². The molecule has 1 spiro atoms. The summed E-state index contributed by atoms with van der Waals surface area (Å²) >= 11 is 18.4. The van der Waals surface area contributed by atoms with E-state index < -0.39 is 29.6 Å². The Bertz CT molecular complexity index is 1400. The van der Waals surface area contributed by atoms with Crippen molar-refractivity contribution in [2.75, 3.05) is 5.32 Å². The number of hydrogen-bond donors (Lipinski definition) is 2. The van der Waals surface area contributed by atoms with Crippen molar-refractivity contribution in [1.82, 2.24) is 10.2 Å². The molecule has 2 saturated heterocycles. The molecular formula is C31H32Cl3N3O4. The third-order valence-electron chi connectivity index (χ3n) is 9.36. The second-order valence-electron chi connectivity index (χ2n) is 11.8. The molecule has 7 nitrogen and oxygen atoms in total. The van der Waals surface area contributed by atoms with Crippen molar-refractivity contribution in [3.05, 3.63) is 75.2 Å². The van der Waals surface area contributed by atoms with Gasteiger partial charge in [-0.25, -0.2) is 0 Å². The van der Waals surface area contributed by atoms with Gasteiger partial charge in [0.15, 0.2) is 0 Å². The molecule has 2 bridgehead atoms. The molecule has 1 saturated carbocycles. The smallest absolute Gasteiger partial charge is 0.246 e. The van der Waals surface area contributed by atoms with E-state index in [1.807, 2.05) is 18.2 Å². The van der Waals surface area contributed by atoms with Gasteiger partial charge in [0.2, 0.25) is 17.7 Å². The lowest BCUT2D eigenvalue weighted by Crippen LogP contribution is -2.57. The maximum absolute atomic E-state index is 14.2. The number of likely N-dealkylation sites (tertiary alicyclic amines) is 1. The number of ether oxygens (including phenoxy) is 1. The molecule has 2 aromatic carbocycles. The molecule has 216 valence electrons. The number of benzene rings is 2. The molecule has 3 fully saturated rings. The molecule has 8 atom stereocenters. The molecule has 2 aromatic rings. The molecule has 1 aliphatic carbocycles. The third kappa shape index (κ3) is 5.05. The third-order valence-corrected chi connectivity index (χ3v) is 10.0. The Labute approximate surface area is 254 Å². The number of fused-ring (bicyclic) bond motifs is 1. The number of carbonyl (C=O) groups excluding carboxylic acids is 3. The molecule has 6 rings (SSSR count). The Morgan fingerprint density at radius 1 is 1.00 bits per heavy atom. The monoisotopic (exact) mass is 615 g/mol. The minimum atomic E-state index is -1.25. The van der Waals surface area contributed by atoms with Crippen LogP contribution in [0.2, 0.25) is 15.1 Å². The number of halogens is 3. The predicted molar refractivity (Wildman–Crippen MR) is 159 cm³/mol. The first-order valence-corrected chi connectivity index (χ1v) is 15.2. The van der Waals surface area contributed by atoms with Gasteiger partial charge in [-0.15, -0.1) is 0 Å². The van der Waals surface area contributed by atoms with Crippen molar-refractivity contribution in [2.45, 2.75) is 63.4 Å². The summed E-state index contributed by atoms with van der Waals surface area (Å²) in [5, 5.41) is 7.47. The van der Waals surface area contributed by atoms with Crippen molar-refractivity contribution in [2.24, 2.45) is 23.7 Å². The first kappa shape index (κ1) is 28.5. The quantitative estimate of drug-likeness (QED) is 0.397. The van der Waals surface area contributed by atoms with E-state index in [1.54, 1.807) is 41.3 Å². The van der Waals surface area contributed by atoms with E-state index in [-0.39, 0.29) is 30.3 Å². The summed E-state index contributed by atoms with van der Waals surface area (Å²) in [7, 11) is 0. The highest BCUT2D eigenvalue weighted by Gasteiger charge is 2.72. The summed E-state index contributed by atoms with van der Waals surface area (Å²) in [4.78, 5) is 43.7. The summed E-state index contributed by atoms with van der Waals surface area (Å²) in [6.45, 7) is 4.56. The van der Waals surface area contributed by atoms with E-state index in [1.165, 1.54) is 0 Å². The van der Waals surface area contributed by atoms with E-state index in [2.05, 4.69) is 24.5 Å². The van der Waals surface area contributed by atoms with Crippen LogP contribution in [0.4, 0.5) is 5.69 Å². The number of anilines is 1. The Morgan fingerprint density at radius 2 is 1.71 bits per heavy atom. The SMILES string of the molecule is C[C@H]1[C@H](C)CCC[C@@H]1NC(=O)[C@@H]1N(Cc2ccc(Cl)cc2)C(=O)[C@@H]2[C@@H](C(=O)Nc3cc(Cl)cc(Cl)c3)[C@@H]3C=C[C@]21O3. The van der Waals surface area contributed by atoms with Gasteiger partial charge in [0.25, 0.3) is 0 Å². The zero-order chi connectivity index (χ0) is 29.1. The molecular weight excluding hydrogens is 585 g/mol. The van der Waals surface area contributed by atoms with Crippen LogP contribution in [0, 0.1) is 23.7 Å². The average Bonchev–Trinajstić information content (AvgIpc) is 3.55. The number of amides is 3. The molecule has 3 aliphatic heterocycles. The lowest BCUT2D eigenvalue weighted by molar-refractivity contribution is -0.142. The lowest BCUT2D eigenvalue weighted by atomic mass is 9.73. The van der Waals surface area contributed by atoms with E-state index >= 15 is 0 Å². The highest BCUT2D eigenvalue weighted by molar-refractivity contribution is 6.35. The van der Waals surface area contributed by atoms with E-state index in [9.17, 15) is 14.4 Å². The Kier molecular flexibility index (Phi) is 7.60. The Morgan fingerprint density at radius 3 is 2.41 bits per heavy atom. The number of carbonyl (C=O) groups is 3. The molecule has 2 N–H and O–H groups in total. The zero-order valence-corrected chi connectivity index (χ0v) is 25.0.